The van der Waals surface area contributed by atoms with Crippen molar-refractivity contribution in [2.75, 3.05) is 13.1 Å². The zero-order valence-electron chi connectivity index (χ0n) is 19.6. The van der Waals surface area contributed by atoms with Crippen LogP contribution in [0.2, 0.25) is 0 Å². The molecule has 1 aromatic heterocycles. The normalized spacial score (nSPS) is 22.7. The van der Waals surface area contributed by atoms with Crippen molar-refractivity contribution >= 4 is 28.6 Å². The zero-order valence-corrected chi connectivity index (χ0v) is 19.6. The third-order valence-electron chi connectivity index (χ3n) is 7.24. The first-order valence-electron chi connectivity index (χ1n) is 12.0. The van der Waals surface area contributed by atoms with Gasteiger partial charge in [0.2, 0.25) is 11.8 Å². The van der Waals surface area contributed by atoms with Crippen molar-refractivity contribution in [2.45, 2.75) is 44.5 Å². The molecule has 0 bridgehead atoms. The zero-order chi connectivity index (χ0) is 24.1. The molecule has 9 heteroatoms. The molecule has 0 saturated carbocycles. The van der Waals surface area contributed by atoms with Gasteiger partial charge in [0.25, 0.3) is 5.91 Å². The van der Waals surface area contributed by atoms with Crippen LogP contribution < -0.4 is 10.1 Å². The fourth-order valence-electron chi connectivity index (χ4n) is 5.42. The lowest BCUT2D eigenvalue weighted by molar-refractivity contribution is -0.136. The number of likely N-dealkylation sites (tertiary alicyclic amines) is 1. The molecule has 35 heavy (non-hydrogen) atoms. The van der Waals surface area contributed by atoms with Gasteiger partial charge in [-0.3, -0.25) is 29.3 Å². The van der Waals surface area contributed by atoms with Gasteiger partial charge in [0, 0.05) is 50.6 Å². The van der Waals surface area contributed by atoms with Gasteiger partial charge in [-0.05, 0) is 54.3 Å². The maximum Gasteiger partial charge on any atom is 0.255 e. The number of imide groups is 1. The van der Waals surface area contributed by atoms with Crippen LogP contribution in [0.3, 0.4) is 0 Å². The Kier molecular flexibility index (Phi) is 5.29. The Labute approximate surface area is 202 Å². The van der Waals surface area contributed by atoms with Crippen molar-refractivity contribution in [3.63, 3.8) is 0 Å². The number of aryl methyl sites for hydroxylation is 1. The number of hydrogen-bond donors (Lipinski definition) is 1. The van der Waals surface area contributed by atoms with Crippen LogP contribution in [-0.4, -0.2) is 62.5 Å². The molecule has 9 nitrogen and oxygen atoms in total. The van der Waals surface area contributed by atoms with Crippen LogP contribution >= 0.6 is 0 Å². The fraction of sp³-hybridized carbons (Fsp3) is 0.385. The number of nitrogens with zero attached hydrogens (tertiary/aromatic N) is 4. The SMILES string of the molecule is Cn1ncc2cc(CN3CC[C@H](Oc4ccc5c(c4)CN(C4CCC(=O)NC4=O)C5=O)C3)ccc21. The monoisotopic (exact) mass is 473 g/mol. The van der Waals surface area contributed by atoms with Gasteiger partial charge in [0.05, 0.1) is 11.7 Å². The summed E-state index contributed by atoms with van der Waals surface area (Å²) in [6, 6.07) is 11.4. The van der Waals surface area contributed by atoms with Crippen molar-refractivity contribution in [3.8, 4) is 5.75 Å². The summed E-state index contributed by atoms with van der Waals surface area (Å²) in [5.41, 5.74) is 3.84. The molecule has 1 unspecified atom stereocenters. The van der Waals surface area contributed by atoms with Gasteiger partial charge in [-0.25, -0.2) is 0 Å². The van der Waals surface area contributed by atoms with E-state index in [2.05, 4.69) is 33.5 Å². The van der Waals surface area contributed by atoms with Crippen LogP contribution in [0.1, 0.15) is 40.7 Å². The molecule has 4 heterocycles. The number of hydrogen-bond acceptors (Lipinski definition) is 6. The first-order chi connectivity index (χ1) is 16.9. The number of ether oxygens (including phenoxy) is 1. The van der Waals surface area contributed by atoms with E-state index in [1.54, 1.807) is 11.0 Å². The van der Waals surface area contributed by atoms with E-state index in [0.717, 1.165) is 48.3 Å². The summed E-state index contributed by atoms with van der Waals surface area (Å²) < 4.78 is 8.17. The standard InChI is InChI=1S/C26H27N5O4/c1-29-22-5-2-16(10-17(22)12-27-29)13-30-9-8-20(15-30)35-19-3-4-21-18(11-19)14-31(26(21)34)23-6-7-24(32)28-25(23)33/h2-5,10-12,20,23H,6-9,13-15H2,1H3,(H,28,32,33)/t20-,23?/m0/s1. The van der Waals surface area contributed by atoms with Gasteiger partial charge in [-0.2, -0.15) is 5.10 Å². The average molecular weight is 474 g/mol. The maximum absolute atomic E-state index is 12.9. The van der Waals surface area contributed by atoms with Crippen LogP contribution in [0.5, 0.6) is 5.75 Å². The van der Waals surface area contributed by atoms with E-state index in [1.165, 1.54) is 5.56 Å². The van der Waals surface area contributed by atoms with Crippen LogP contribution in [0.4, 0.5) is 0 Å². The van der Waals surface area contributed by atoms with Gasteiger partial charge >= 0.3 is 0 Å². The topological polar surface area (TPSA) is 96.8 Å². The fourth-order valence-corrected chi connectivity index (χ4v) is 5.42. The summed E-state index contributed by atoms with van der Waals surface area (Å²) >= 11 is 0. The van der Waals surface area contributed by atoms with Gasteiger partial charge in [-0.15, -0.1) is 0 Å². The summed E-state index contributed by atoms with van der Waals surface area (Å²) in [4.78, 5) is 40.6. The number of nitrogens with one attached hydrogen (secondary N) is 1. The quantitative estimate of drug-likeness (QED) is 0.570. The number of rotatable bonds is 5. The molecular formula is C26H27N5O4. The van der Waals surface area contributed by atoms with E-state index in [-0.39, 0.29) is 24.3 Å². The molecule has 3 aliphatic rings. The number of piperidine rings is 1. The number of carbonyl (C=O) groups excluding carboxylic acids is 3. The van der Waals surface area contributed by atoms with Crippen LogP contribution in [0.25, 0.3) is 10.9 Å². The molecule has 2 fully saturated rings. The smallest absolute Gasteiger partial charge is 0.255 e. The van der Waals surface area contributed by atoms with Crippen molar-refractivity contribution in [3.05, 3.63) is 59.3 Å². The van der Waals surface area contributed by atoms with E-state index in [1.807, 2.05) is 30.1 Å². The molecule has 2 saturated heterocycles. The van der Waals surface area contributed by atoms with Gasteiger partial charge in [0.1, 0.15) is 17.9 Å². The Morgan fingerprint density at radius 1 is 1.11 bits per heavy atom. The van der Waals surface area contributed by atoms with Crippen molar-refractivity contribution in [1.29, 1.82) is 0 Å². The first-order valence-corrected chi connectivity index (χ1v) is 12.0. The first kappa shape index (κ1) is 21.8. The maximum atomic E-state index is 12.9. The third kappa shape index (κ3) is 4.05. The number of fused-ring (bicyclic) bond motifs is 2. The highest BCUT2D eigenvalue weighted by Crippen LogP contribution is 2.31. The Balaban J connectivity index is 1.08. The highest BCUT2D eigenvalue weighted by molar-refractivity contribution is 6.05. The van der Waals surface area contributed by atoms with Crippen LogP contribution in [0, 0.1) is 0 Å². The predicted octanol–water partition coefficient (Wildman–Crippen LogP) is 1.99. The molecule has 2 aromatic carbocycles. The molecule has 0 aliphatic carbocycles. The minimum Gasteiger partial charge on any atom is -0.489 e. The molecule has 180 valence electrons. The van der Waals surface area contributed by atoms with Gasteiger partial charge in [0.15, 0.2) is 0 Å². The summed E-state index contributed by atoms with van der Waals surface area (Å²) in [6.07, 6.45) is 3.53. The van der Waals surface area contributed by atoms with Crippen molar-refractivity contribution < 1.29 is 19.1 Å². The highest BCUT2D eigenvalue weighted by Gasteiger charge is 2.39. The second-order valence-corrected chi connectivity index (χ2v) is 9.64. The molecule has 2 atom stereocenters. The Morgan fingerprint density at radius 2 is 2.00 bits per heavy atom. The molecule has 3 amide bonds. The lowest BCUT2D eigenvalue weighted by atomic mass is 10.0. The van der Waals surface area contributed by atoms with E-state index in [0.29, 0.717) is 18.5 Å². The molecule has 0 spiro atoms. The van der Waals surface area contributed by atoms with Crippen LogP contribution in [-0.2, 0) is 29.7 Å². The largest absolute Gasteiger partial charge is 0.489 e. The molecule has 1 N–H and O–H groups in total. The van der Waals surface area contributed by atoms with E-state index < -0.39 is 11.9 Å². The molecule has 0 radical (unpaired) electrons. The van der Waals surface area contributed by atoms with E-state index in [4.69, 9.17) is 4.74 Å². The molecule has 6 rings (SSSR count). The molecule has 3 aromatic rings. The van der Waals surface area contributed by atoms with E-state index in [9.17, 15) is 14.4 Å². The number of benzene rings is 2. The van der Waals surface area contributed by atoms with Gasteiger partial charge < -0.3 is 9.64 Å². The summed E-state index contributed by atoms with van der Waals surface area (Å²) in [6.45, 7) is 3.02. The summed E-state index contributed by atoms with van der Waals surface area (Å²) in [7, 11) is 1.95. The Hall–Kier alpha value is -3.72. The van der Waals surface area contributed by atoms with Crippen molar-refractivity contribution in [2.24, 2.45) is 7.05 Å². The Bertz CT molecular complexity index is 1350. The number of amides is 3. The lowest BCUT2D eigenvalue weighted by Crippen LogP contribution is -2.52. The molecular weight excluding hydrogens is 446 g/mol. The summed E-state index contributed by atoms with van der Waals surface area (Å²) in [5, 5.41) is 7.81. The number of aromatic nitrogens is 2. The van der Waals surface area contributed by atoms with Crippen molar-refractivity contribution in [1.82, 2.24) is 24.9 Å². The minimum absolute atomic E-state index is 0.0820. The second-order valence-electron chi connectivity index (χ2n) is 9.64. The minimum atomic E-state index is -0.605. The third-order valence-corrected chi connectivity index (χ3v) is 7.24. The highest BCUT2D eigenvalue weighted by atomic mass is 16.5. The number of carbonyl (C=O) groups is 3. The van der Waals surface area contributed by atoms with E-state index >= 15 is 0 Å². The Morgan fingerprint density at radius 3 is 2.86 bits per heavy atom. The van der Waals surface area contributed by atoms with Crippen LogP contribution in [0.15, 0.2) is 42.6 Å². The predicted molar refractivity (Wildman–Crippen MR) is 128 cm³/mol. The second kappa shape index (κ2) is 8.49. The average Bonchev–Trinajstić information content (AvgIpc) is 3.52. The molecule has 3 aliphatic heterocycles. The lowest BCUT2D eigenvalue weighted by Gasteiger charge is -2.29. The summed E-state index contributed by atoms with van der Waals surface area (Å²) in [5.74, 6) is -0.106. The van der Waals surface area contributed by atoms with Gasteiger partial charge in [-0.1, -0.05) is 6.07 Å².